The zero-order valence-electron chi connectivity index (χ0n) is 17.2. The van der Waals surface area contributed by atoms with Gasteiger partial charge in [0.05, 0.1) is 22.5 Å². The Kier molecular flexibility index (Phi) is 6.77. The molecule has 6 nitrogen and oxygen atoms in total. The molecule has 0 saturated carbocycles. The van der Waals surface area contributed by atoms with Gasteiger partial charge in [-0.1, -0.05) is 36.4 Å². The van der Waals surface area contributed by atoms with Crippen LogP contribution in [0.15, 0.2) is 95.7 Å². The Morgan fingerprint density at radius 2 is 1.56 bits per heavy atom. The molecule has 0 aliphatic heterocycles. The summed E-state index contributed by atoms with van der Waals surface area (Å²) in [5, 5.41) is 9.99. The van der Waals surface area contributed by atoms with Crippen molar-refractivity contribution in [3.63, 3.8) is 0 Å². The molecule has 0 bridgehead atoms. The summed E-state index contributed by atoms with van der Waals surface area (Å²) in [7, 11) is 0. The number of benzene rings is 3. The first kappa shape index (κ1) is 21.5. The Morgan fingerprint density at radius 3 is 2.28 bits per heavy atom. The molecule has 2 N–H and O–H groups in total. The van der Waals surface area contributed by atoms with Gasteiger partial charge in [0, 0.05) is 23.4 Å². The average Bonchev–Trinajstić information content (AvgIpc) is 3.35. The van der Waals surface area contributed by atoms with Gasteiger partial charge >= 0.3 is 0 Å². The predicted octanol–water partition coefficient (Wildman–Crippen LogP) is 4.86. The van der Waals surface area contributed by atoms with Gasteiger partial charge < -0.3 is 10.6 Å². The molecular formula is C25H21BrN4O2. The fourth-order valence-electron chi connectivity index (χ4n) is 3.28. The number of hydrogen-bond donors (Lipinski definition) is 2. The third-order valence-corrected chi connectivity index (χ3v) is 5.63. The minimum absolute atomic E-state index is 0.235. The number of rotatable bonds is 7. The number of anilines is 1. The van der Waals surface area contributed by atoms with Gasteiger partial charge in [0.25, 0.3) is 11.8 Å². The molecule has 0 aliphatic rings. The molecule has 4 rings (SSSR count). The molecule has 0 fully saturated rings. The van der Waals surface area contributed by atoms with E-state index in [0.29, 0.717) is 34.3 Å². The fourth-order valence-corrected chi connectivity index (χ4v) is 3.74. The Labute approximate surface area is 194 Å². The third kappa shape index (κ3) is 5.12. The van der Waals surface area contributed by atoms with Crippen molar-refractivity contribution < 1.29 is 9.59 Å². The van der Waals surface area contributed by atoms with Crippen LogP contribution in [0.25, 0.3) is 5.69 Å². The van der Waals surface area contributed by atoms with Crippen LogP contribution in [0.1, 0.15) is 26.3 Å². The van der Waals surface area contributed by atoms with Crippen molar-refractivity contribution in [3.05, 3.63) is 112 Å². The lowest BCUT2D eigenvalue weighted by molar-refractivity contribution is 0.0955. The first-order valence-corrected chi connectivity index (χ1v) is 10.9. The second-order valence-corrected chi connectivity index (χ2v) is 7.96. The zero-order chi connectivity index (χ0) is 22.3. The van der Waals surface area contributed by atoms with Crippen LogP contribution in [0, 0.1) is 0 Å². The lowest BCUT2D eigenvalue weighted by Crippen LogP contribution is -2.27. The van der Waals surface area contributed by atoms with Gasteiger partial charge in [0.2, 0.25) is 0 Å². The molecule has 0 atom stereocenters. The van der Waals surface area contributed by atoms with E-state index < -0.39 is 0 Å². The van der Waals surface area contributed by atoms with Crippen molar-refractivity contribution in [1.82, 2.24) is 15.1 Å². The average molecular weight is 489 g/mol. The van der Waals surface area contributed by atoms with Crippen molar-refractivity contribution in [2.75, 3.05) is 11.9 Å². The summed E-state index contributed by atoms with van der Waals surface area (Å²) in [6.07, 6.45) is 4.32. The summed E-state index contributed by atoms with van der Waals surface area (Å²) in [6.45, 7) is 0.479. The van der Waals surface area contributed by atoms with E-state index in [1.807, 2.05) is 42.6 Å². The summed E-state index contributed by atoms with van der Waals surface area (Å²) in [6, 6.07) is 24.0. The standard InChI is InChI=1S/C25H21BrN4O2/c26-22-8-3-1-6-20(22)25(32)29-23-9-4-2-7-21(23)24(31)27-16-14-18-10-12-19(13-11-18)30-17-5-15-28-30/h1-13,15,17H,14,16H2,(H,27,31)(H,29,32). The summed E-state index contributed by atoms with van der Waals surface area (Å²) < 4.78 is 2.49. The minimum Gasteiger partial charge on any atom is -0.352 e. The maximum Gasteiger partial charge on any atom is 0.256 e. The van der Waals surface area contributed by atoms with E-state index in [1.165, 1.54) is 0 Å². The largest absolute Gasteiger partial charge is 0.352 e. The monoisotopic (exact) mass is 488 g/mol. The topological polar surface area (TPSA) is 76.0 Å². The molecular weight excluding hydrogens is 468 g/mol. The van der Waals surface area contributed by atoms with E-state index in [2.05, 4.69) is 31.7 Å². The van der Waals surface area contributed by atoms with Gasteiger partial charge in [-0.25, -0.2) is 4.68 Å². The molecule has 3 aromatic carbocycles. The first-order chi connectivity index (χ1) is 15.6. The number of aromatic nitrogens is 2. The smallest absolute Gasteiger partial charge is 0.256 e. The second kappa shape index (κ2) is 10.1. The second-order valence-electron chi connectivity index (χ2n) is 7.10. The van der Waals surface area contributed by atoms with Crippen molar-refractivity contribution >= 4 is 33.4 Å². The quantitative estimate of drug-likeness (QED) is 0.390. The number of halogens is 1. The van der Waals surface area contributed by atoms with Crippen LogP contribution in [0.3, 0.4) is 0 Å². The normalized spacial score (nSPS) is 10.5. The molecule has 0 spiro atoms. The SMILES string of the molecule is O=C(Nc1ccccc1C(=O)NCCc1ccc(-n2cccn2)cc1)c1ccccc1Br. The van der Waals surface area contributed by atoms with E-state index >= 15 is 0 Å². The Hall–Kier alpha value is -3.71. The highest BCUT2D eigenvalue weighted by Crippen LogP contribution is 2.20. The summed E-state index contributed by atoms with van der Waals surface area (Å²) in [5.41, 5.74) is 3.48. The molecule has 160 valence electrons. The Bertz CT molecular complexity index is 1220. The van der Waals surface area contributed by atoms with E-state index in [-0.39, 0.29) is 11.8 Å². The minimum atomic E-state index is -0.282. The van der Waals surface area contributed by atoms with Crippen LogP contribution in [-0.4, -0.2) is 28.1 Å². The third-order valence-electron chi connectivity index (χ3n) is 4.94. The van der Waals surface area contributed by atoms with E-state index in [4.69, 9.17) is 0 Å². The molecule has 4 aromatic rings. The van der Waals surface area contributed by atoms with Crippen LogP contribution in [-0.2, 0) is 6.42 Å². The van der Waals surface area contributed by atoms with Crippen LogP contribution < -0.4 is 10.6 Å². The van der Waals surface area contributed by atoms with Crippen molar-refractivity contribution in [1.29, 1.82) is 0 Å². The molecule has 0 radical (unpaired) electrons. The number of hydrogen-bond acceptors (Lipinski definition) is 3. The fraction of sp³-hybridized carbons (Fsp3) is 0.0800. The van der Waals surface area contributed by atoms with Crippen LogP contribution in [0.4, 0.5) is 5.69 Å². The molecule has 1 aromatic heterocycles. The van der Waals surface area contributed by atoms with Gasteiger partial charge in [-0.3, -0.25) is 9.59 Å². The van der Waals surface area contributed by atoms with Gasteiger partial charge in [-0.05, 0) is 70.4 Å². The number of amides is 2. The molecule has 0 saturated heterocycles. The van der Waals surface area contributed by atoms with Crippen molar-refractivity contribution in [2.24, 2.45) is 0 Å². The van der Waals surface area contributed by atoms with Gasteiger partial charge in [-0.15, -0.1) is 0 Å². The van der Waals surface area contributed by atoms with Gasteiger partial charge in [-0.2, -0.15) is 5.10 Å². The van der Waals surface area contributed by atoms with Crippen LogP contribution >= 0.6 is 15.9 Å². The number of nitrogens with one attached hydrogen (secondary N) is 2. The molecule has 0 aliphatic carbocycles. The summed E-state index contributed by atoms with van der Waals surface area (Å²) >= 11 is 3.38. The zero-order valence-corrected chi connectivity index (χ0v) is 18.7. The molecule has 0 unspecified atom stereocenters. The van der Waals surface area contributed by atoms with Gasteiger partial charge in [0.15, 0.2) is 0 Å². The molecule has 7 heteroatoms. The Balaban J connectivity index is 1.37. The van der Waals surface area contributed by atoms with Gasteiger partial charge in [0.1, 0.15) is 0 Å². The van der Waals surface area contributed by atoms with Crippen LogP contribution in [0.2, 0.25) is 0 Å². The molecule has 2 amide bonds. The highest BCUT2D eigenvalue weighted by molar-refractivity contribution is 9.10. The first-order valence-electron chi connectivity index (χ1n) is 10.1. The van der Waals surface area contributed by atoms with E-state index in [9.17, 15) is 9.59 Å². The van der Waals surface area contributed by atoms with E-state index in [1.54, 1.807) is 53.3 Å². The summed E-state index contributed by atoms with van der Waals surface area (Å²) in [4.78, 5) is 25.4. The van der Waals surface area contributed by atoms with Crippen molar-refractivity contribution in [3.8, 4) is 5.69 Å². The summed E-state index contributed by atoms with van der Waals surface area (Å²) in [5.74, 6) is -0.517. The van der Waals surface area contributed by atoms with Crippen molar-refractivity contribution in [2.45, 2.75) is 6.42 Å². The molecule has 32 heavy (non-hydrogen) atoms. The Morgan fingerprint density at radius 1 is 0.844 bits per heavy atom. The number of para-hydroxylation sites is 1. The maximum atomic E-state index is 12.8. The number of carbonyl (C=O) groups is 2. The lowest BCUT2D eigenvalue weighted by atomic mass is 10.1. The number of nitrogens with zero attached hydrogens (tertiary/aromatic N) is 2. The highest BCUT2D eigenvalue weighted by Gasteiger charge is 2.15. The van der Waals surface area contributed by atoms with E-state index in [0.717, 1.165) is 11.3 Å². The number of carbonyl (C=O) groups excluding carboxylic acids is 2. The van der Waals surface area contributed by atoms with Crippen LogP contribution in [0.5, 0.6) is 0 Å². The molecule has 1 heterocycles. The highest BCUT2D eigenvalue weighted by atomic mass is 79.9. The maximum absolute atomic E-state index is 12.8. The predicted molar refractivity (Wildman–Crippen MR) is 128 cm³/mol. The lowest BCUT2D eigenvalue weighted by Gasteiger charge is -2.12.